The lowest BCUT2D eigenvalue weighted by Gasteiger charge is -2.01. The maximum atomic E-state index is 5.94. The molecule has 0 atom stereocenters. The molecule has 0 saturated heterocycles. The van der Waals surface area contributed by atoms with Gasteiger partial charge >= 0.3 is 0 Å². The maximum Gasteiger partial charge on any atom is 0.253 e. The molecule has 0 unspecified atom stereocenters. The highest BCUT2D eigenvalue weighted by Crippen LogP contribution is 2.26. The number of hydrogen-bond donors (Lipinski definition) is 1. The molecule has 2 N–H and O–H groups in total. The quantitative estimate of drug-likeness (QED) is 0.625. The van der Waals surface area contributed by atoms with E-state index in [0.717, 1.165) is 27.4 Å². The molecule has 0 bridgehead atoms. The van der Waals surface area contributed by atoms with E-state index in [1.54, 1.807) is 0 Å². The van der Waals surface area contributed by atoms with Crippen LogP contribution in [0.5, 0.6) is 0 Å². The number of rotatable bonds is 1. The Morgan fingerprint density at radius 3 is 2.56 bits per heavy atom. The highest BCUT2D eigenvalue weighted by molar-refractivity contribution is 6.71. The molecule has 3 heteroatoms. The zero-order valence-electron chi connectivity index (χ0n) is 9.10. The first-order valence-corrected chi connectivity index (χ1v) is 5.43. The van der Waals surface area contributed by atoms with Gasteiger partial charge in [0.2, 0.25) is 0 Å². The van der Waals surface area contributed by atoms with Crippen molar-refractivity contribution in [2.75, 3.05) is 0 Å². The Morgan fingerprint density at radius 2 is 1.75 bits per heavy atom. The van der Waals surface area contributed by atoms with Gasteiger partial charge in [0.1, 0.15) is 11.2 Å². The third-order valence-electron chi connectivity index (χ3n) is 2.93. The van der Waals surface area contributed by atoms with Crippen LogP contribution >= 0.6 is 0 Å². The average molecular weight is 209 g/mol. The summed E-state index contributed by atoms with van der Waals surface area (Å²) in [6.07, 6.45) is 0. The molecule has 3 rings (SSSR count). The molecule has 0 radical (unpaired) electrons. The maximum absolute atomic E-state index is 5.94. The van der Waals surface area contributed by atoms with Crippen molar-refractivity contribution in [3.8, 4) is 0 Å². The van der Waals surface area contributed by atoms with Crippen molar-refractivity contribution in [2.24, 2.45) is 5.64 Å². The summed E-state index contributed by atoms with van der Waals surface area (Å²) in [5.41, 5.74) is 8.84. The Morgan fingerprint density at radius 1 is 1.00 bits per heavy atom. The molecular weight excluding hydrogens is 197 g/mol. The molecule has 0 spiro atoms. The summed E-state index contributed by atoms with van der Waals surface area (Å²) in [5, 5.41) is 2.30. The number of fused-ring (bicyclic) bond motifs is 3. The smallest absolute Gasteiger partial charge is 0.253 e. The summed E-state index contributed by atoms with van der Waals surface area (Å²) in [6, 6.07) is 14.2. The van der Waals surface area contributed by atoms with E-state index in [1.165, 1.54) is 0 Å². The van der Waals surface area contributed by atoms with E-state index in [2.05, 4.69) is 12.1 Å². The molecule has 16 heavy (non-hydrogen) atoms. The number of nitrogens with two attached hydrogens (primary N) is 1. The lowest BCUT2D eigenvalue weighted by Crippen LogP contribution is -2.36. The Kier molecular flexibility index (Phi) is 2.01. The van der Waals surface area contributed by atoms with Gasteiger partial charge in [0.05, 0.1) is 0 Å². The third-order valence-corrected chi connectivity index (χ3v) is 2.93. The Labute approximate surface area is 94.1 Å². The number of hydrogen-bond acceptors (Lipinski definition) is 2. The zero-order chi connectivity index (χ0) is 11.1. The normalized spacial score (nSPS) is 11.1. The number of benzene rings is 2. The van der Waals surface area contributed by atoms with Crippen molar-refractivity contribution in [1.82, 2.24) is 0 Å². The van der Waals surface area contributed by atoms with Crippen LogP contribution in [0.3, 0.4) is 0 Å². The lowest BCUT2D eigenvalue weighted by molar-refractivity contribution is 0.671. The molecule has 0 saturated carbocycles. The van der Waals surface area contributed by atoms with Crippen LogP contribution < -0.4 is 11.1 Å². The first kappa shape index (κ1) is 9.49. The molecule has 3 aromatic rings. The SMILES string of the molecule is CB(N)c1cccc2c1oc1ccccc12. The molecular formula is C13H12BNO. The predicted molar refractivity (Wildman–Crippen MR) is 69.2 cm³/mol. The van der Waals surface area contributed by atoms with Crippen LogP contribution in [0.25, 0.3) is 21.9 Å². The molecule has 2 aromatic carbocycles. The third kappa shape index (κ3) is 1.25. The van der Waals surface area contributed by atoms with Gasteiger partial charge in [-0.05, 0) is 11.5 Å². The van der Waals surface area contributed by atoms with E-state index in [-0.39, 0.29) is 6.85 Å². The van der Waals surface area contributed by atoms with Gasteiger partial charge in [-0.3, -0.25) is 0 Å². The minimum absolute atomic E-state index is 0.00994. The summed E-state index contributed by atoms with van der Waals surface area (Å²) in [7, 11) is 0. The summed E-state index contributed by atoms with van der Waals surface area (Å²) in [5.74, 6) is 0. The average Bonchev–Trinajstić information content (AvgIpc) is 2.67. The van der Waals surface area contributed by atoms with Crippen molar-refractivity contribution >= 4 is 34.2 Å². The lowest BCUT2D eigenvalue weighted by atomic mass is 9.60. The highest BCUT2D eigenvalue weighted by atomic mass is 16.3. The molecule has 78 valence electrons. The monoisotopic (exact) mass is 209 g/mol. The largest absolute Gasteiger partial charge is 0.457 e. The molecule has 0 aliphatic heterocycles. The van der Waals surface area contributed by atoms with Crippen molar-refractivity contribution in [3.63, 3.8) is 0 Å². The second kappa shape index (κ2) is 3.39. The summed E-state index contributed by atoms with van der Waals surface area (Å²) in [6.45, 7) is 1.96. The van der Waals surface area contributed by atoms with Gasteiger partial charge in [-0.2, -0.15) is 0 Å². The van der Waals surface area contributed by atoms with E-state index in [4.69, 9.17) is 10.1 Å². The molecule has 1 heterocycles. The standard InChI is InChI=1S/C13H12BNO/c1-14(15)11-7-4-6-10-9-5-2-3-8-12(9)16-13(10)11/h2-8H,15H2,1H3. The molecule has 0 aliphatic carbocycles. The van der Waals surface area contributed by atoms with Crippen LogP contribution in [0.4, 0.5) is 0 Å². The molecule has 1 aromatic heterocycles. The van der Waals surface area contributed by atoms with Gasteiger partial charge in [-0.25, -0.2) is 0 Å². The van der Waals surface area contributed by atoms with Gasteiger partial charge in [-0.1, -0.05) is 43.2 Å². The first-order valence-electron chi connectivity index (χ1n) is 5.43. The second-order valence-electron chi connectivity index (χ2n) is 4.11. The van der Waals surface area contributed by atoms with Crippen LogP contribution in [-0.4, -0.2) is 6.85 Å². The van der Waals surface area contributed by atoms with Crippen molar-refractivity contribution in [3.05, 3.63) is 42.5 Å². The van der Waals surface area contributed by atoms with Crippen LogP contribution in [0.15, 0.2) is 46.9 Å². The van der Waals surface area contributed by atoms with Crippen molar-refractivity contribution < 1.29 is 4.42 Å². The fourth-order valence-electron chi connectivity index (χ4n) is 2.13. The van der Waals surface area contributed by atoms with Crippen LogP contribution in [-0.2, 0) is 0 Å². The number of para-hydroxylation sites is 2. The van der Waals surface area contributed by atoms with Crippen molar-refractivity contribution in [1.29, 1.82) is 0 Å². The van der Waals surface area contributed by atoms with E-state index >= 15 is 0 Å². The van der Waals surface area contributed by atoms with Crippen LogP contribution in [0.1, 0.15) is 0 Å². The summed E-state index contributed by atoms with van der Waals surface area (Å²) < 4.78 is 5.86. The molecule has 0 aliphatic rings. The van der Waals surface area contributed by atoms with Gasteiger partial charge in [0.25, 0.3) is 6.85 Å². The number of furan rings is 1. The fraction of sp³-hybridized carbons (Fsp3) is 0.0769. The Hall–Kier alpha value is -1.74. The topological polar surface area (TPSA) is 39.2 Å². The zero-order valence-corrected chi connectivity index (χ0v) is 9.10. The van der Waals surface area contributed by atoms with E-state index in [0.29, 0.717) is 0 Å². The first-order chi connectivity index (χ1) is 7.77. The Balaban J connectivity index is 2.49. The Bertz CT molecular complexity index is 657. The van der Waals surface area contributed by atoms with E-state index < -0.39 is 0 Å². The van der Waals surface area contributed by atoms with E-state index in [9.17, 15) is 0 Å². The van der Waals surface area contributed by atoms with Gasteiger partial charge in [0.15, 0.2) is 0 Å². The van der Waals surface area contributed by atoms with Crippen LogP contribution in [0, 0.1) is 0 Å². The molecule has 0 fully saturated rings. The van der Waals surface area contributed by atoms with Crippen molar-refractivity contribution in [2.45, 2.75) is 6.82 Å². The van der Waals surface area contributed by atoms with Gasteiger partial charge in [0, 0.05) is 10.8 Å². The predicted octanol–water partition coefficient (Wildman–Crippen LogP) is 2.37. The highest BCUT2D eigenvalue weighted by Gasteiger charge is 2.13. The molecule has 0 amide bonds. The van der Waals surface area contributed by atoms with E-state index in [1.807, 2.05) is 37.2 Å². The minimum Gasteiger partial charge on any atom is -0.457 e. The van der Waals surface area contributed by atoms with Gasteiger partial charge < -0.3 is 10.1 Å². The summed E-state index contributed by atoms with van der Waals surface area (Å²) >= 11 is 0. The second-order valence-corrected chi connectivity index (χ2v) is 4.11. The van der Waals surface area contributed by atoms with Gasteiger partial charge in [-0.15, -0.1) is 0 Å². The fourth-order valence-corrected chi connectivity index (χ4v) is 2.13. The molecule has 2 nitrogen and oxygen atoms in total. The minimum atomic E-state index is -0.00994. The summed E-state index contributed by atoms with van der Waals surface area (Å²) in [4.78, 5) is 0. The van der Waals surface area contributed by atoms with Crippen LogP contribution in [0.2, 0.25) is 6.82 Å².